The van der Waals surface area contributed by atoms with Gasteiger partial charge in [-0.2, -0.15) is 0 Å². The third kappa shape index (κ3) is 4.34. The number of carbonyl (C=O) groups is 1. The van der Waals surface area contributed by atoms with Crippen molar-refractivity contribution in [2.45, 2.75) is 58.2 Å². The van der Waals surface area contributed by atoms with Crippen molar-refractivity contribution in [3.05, 3.63) is 35.4 Å². The van der Waals surface area contributed by atoms with E-state index in [9.17, 15) is 4.79 Å². The predicted molar refractivity (Wildman–Crippen MR) is 80.7 cm³/mol. The van der Waals surface area contributed by atoms with Gasteiger partial charge in [-0.15, -0.1) is 0 Å². The Balaban J connectivity index is 1.75. The summed E-state index contributed by atoms with van der Waals surface area (Å²) in [6, 6.07) is 8.25. The van der Waals surface area contributed by atoms with Gasteiger partial charge >= 0.3 is 0 Å². The molecule has 0 aliphatic carbocycles. The van der Waals surface area contributed by atoms with E-state index in [-0.39, 0.29) is 17.6 Å². The highest BCUT2D eigenvalue weighted by Gasteiger charge is 2.31. The highest BCUT2D eigenvalue weighted by molar-refractivity contribution is 5.78. The van der Waals surface area contributed by atoms with Crippen molar-refractivity contribution in [1.29, 1.82) is 0 Å². The minimum atomic E-state index is -0.0363. The Morgan fingerprint density at radius 3 is 2.50 bits per heavy atom. The van der Waals surface area contributed by atoms with Crippen LogP contribution in [0.1, 0.15) is 44.7 Å². The summed E-state index contributed by atoms with van der Waals surface area (Å²) in [4.78, 5) is 11.9. The molecule has 0 bridgehead atoms. The third-order valence-electron chi connectivity index (χ3n) is 3.88. The van der Waals surface area contributed by atoms with E-state index in [4.69, 9.17) is 4.74 Å². The fourth-order valence-electron chi connectivity index (χ4n) is 2.59. The number of benzene rings is 1. The molecule has 1 amide bonds. The van der Waals surface area contributed by atoms with Gasteiger partial charge in [0, 0.05) is 6.54 Å². The van der Waals surface area contributed by atoms with Crippen molar-refractivity contribution in [2.24, 2.45) is 0 Å². The summed E-state index contributed by atoms with van der Waals surface area (Å²) >= 11 is 0. The maximum atomic E-state index is 11.9. The molecule has 3 nitrogen and oxygen atoms in total. The molecule has 1 aromatic carbocycles. The molecule has 1 N–H and O–H groups in total. The van der Waals surface area contributed by atoms with Crippen LogP contribution in [0.2, 0.25) is 0 Å². The summed E-state index contributed by atoms with van der Waals surface area (Å²) in [5, 5.41) is 2.98. The summed E-state index contributed by atoms with van der Waals surface area (Å²) in [7, 11) is 0. The Morgan fingerprint density at radius 1 is 1.30 bits per heavy atom. The molecule has 1 aliphatic heterocycles. The maximum absolute atomic E-state index is 11.9. The molecule has 0 spiro atoms. The molecule has 3 heteroatoms. The smallest absolute Gasteiger partial charge is 0.224 e. The number of hydrogen-bond acceptors (Lipinski definition) is 2. The molecule has 0 radical (unpaired) electrons. The van der Waals surface area contributed by atoms with Crippen LogP contribution in [0, 0.1) is 0 Å². The summed E-state index contributed by atoms with van der Waals surface area (Å²) in [5.41, 5.74) is 2.33. The normalized spacial score (nSPS) is 20.9. The number of ether oxygens (including phenoxy) is 1. The van der Waals surface area contributed by atoms with Crippen molar-refractivity contribution >= 4 is 5.91 Å². The Bertz CT molecular complexity index is 451. The fourth-order valence-corrected chi connectivity index (χ4v) is 2.59. The van der Waals surface area contributed by atoms with E-state index < -0.39 is 0 Å². The Labute approximate surface area is 121 Å². The molecule has 1 aromatic rings. The van der Waals surface area contributed by atoms with Crippen LogP contribution in [0.15, 0.2) is 24.3 Å². The molecule has 2 rings (SSSR count). The lowest BCUT2D eigenvalue weighted by Gasteiger charge is -2.19. The van der Waals surface area contributed by atoms with Crippen molar-refractivity contribution in [3.63, 3.8) is 0 Å². The summed E-state index contributed by atoms with van der Waals surface area (Å²) in [5.74, 6) is 0.0718. The second-order valence-electron chi connectivity index (χ2n) is 6.19. The van der Waals surface area contributed by atoms with Gasteiger partial charge in [0.25, 0.3) is 0 Å². The van der Waals surface area contributed by atoms with E-state index in [0.29, 0.717) is 13.0 Å². The molecule has 0 saturated carbocycles. The van der Waals surface area contributed by atoms with Gasteiger partial charge in [-0.1, -0.05) is 31.2 Å². The van der Waals surface area contributed by atoms with Crippen LogP contribution in [0.25, 0.3) is 0 Å². The van der Waals surface area contributed by atoms with Gasteiger partial charge in [-0.3, -0.25) is 4.79 Å². The lowest BCUT2D eigenvalue weighted by molar-refractivity contribution is -0.121. The van der Waals surface area contributed by atoms with Gasteiger partial charge in [-0.05, 0) is 44.2 Å². The zero-order valence-electron chi connectivity index (χ0n) is 12.7. The summed E-state index contributed by atoms with van der Waals surface area (Å²) in [6.07, 6.45) is 3.72. The number of carbonyl (C=O) groups excluding carboxylic acids is 1. The van der Waals surface area contributed by atoms with Gasteiger partial charge in [0.2, 0.25) is 5.91 Å². The minimum Gasteiger partial charge on any atom is -0.371 e. The van der Waals surface area contributed by atoms with Crippen molar-refractivity contribution < 1.29 is 9.53 Å². The lowest BCUT2D eigenvalue weighted by atomic mass is 10.1. The van der Waals surface area contributed by atoms with Gasteiger partial charge in [-0.25, -0.2) is 0 Å². The average molecular weight is 275 g/mol. The zero-order valence-corrected chi connectivity index (χ0v) is 12.7. The fraction of sp³-hybridized carbons (Fsp3) is 0.588. The van der Waals surface area contributed by atoms with Crippen LogP contribution < -0.4 is 5.32 Å². The first-order valence-electron chi connectivity index (χ1n) is 7.51. The molecule has 1 atom stereocenters. The highest BCUT2D eigenvalue weighted by Crippen LogP contribution is 2.28. The van der Waals surface area contributed by atoms with Crippen LogP contribution in [-0.4, -0.2) is 24.2 Å². The average Bonchev–Trinajstić information content (AvgIpc) is 2.77. The molecule has 110 valence electrons. The van der Waals surface area contributed by atoms with Crippen LogP contribution in [0.4, 0.5) is 0 Å². The number of amides is 1. The lowest BCUT2D eigenvalue weighted by Crippen LogP contribution is -2.34. The summed E-state index contributed by atoms with van der Waals surface area (Å²) in [6.45, 7) is 6.95. The van der Waals surface area contributed by atoms with E-state index in [1.807, 2.05) is 12.1 Å². The Morgan fingerprint density at radius 2 is 1.95 bits per heavy atom. The van der Waals surface area contributed by atoms with Crippen LogP contribution >= 0.6 is 0 Å². The van der Waals surface area contributed by atoms with Crippen molar-refractivity contribution in [3.8, 4) is 0 Å². The number of hydrogen-bond donors (Lipinski definition) is 1. The third-order valence-corrected chi connectivity index (χ3v) is 3.88. The van der Waals surface area contributed by atoms with Gasteiger partial charge in [0.15, 0.2) is 0 Å². The number of aryl methyl sites for hydroxylation is 1. The van der Waals surface area contributed by atoms with E-state index in [1.54, 1.807) is 0 Å². The highest BCUT2D eigenvalue weighted by atomic mass is 16.5. The zero-order chi connectivity index (χ0) is 14.6. The SMILES string of the molecule is CCc1ccc(CC(=O)NC[C@@H]2CCC(C)(C)O2)cc1. The quantitative estimate of drug-likeness (QED) is 0.897. The molecule has 1 heterocycles. The topological polar surface area (TPSA) is 38.3 Å². The molecular formula is C17H25NO2. The molecule has 0 unspecified atom stereocenters. The van der Waals surface area contributed by atoms with Crippen molar-refractivity contribution in [2.75, 3.05) is 6.54 Å². The van der Waals surface area contributed by atoms with Crippen LogP contribution in [0.5, 0.6) is 0 Å². The minimum absolute atomic E-state index is 0.0363. The molecule has 1 aliphatic rings. The molecule has 20 heavy (non-hydrogen) atoms. The largest absolute Gasteiger partial charge is 0.371 e. The van der Waals surface area contributed by atoms with E-state index >= 15 is 0 Å². The Hall–Kier alpha value is -1.35. The van der Waals surface area contributed by atoms with E-state index in [1.165, 1.54) is 5.56 Å². The van der Waals surface area contributed by atoms with Crippen LogP contribution in [0.3, 0.4) is 0 Å². The molecule has 1 fully saturated rings. The van der Waals surface area contributed by atoms with Gasteiger partial charge in [0.05, 0.1) is 18.1 Å². The summed E-state index contributed by atoms with van der Waals surface area (Å²) < 4.78 is 5.86. The first-order chi connectivity index (χ1) is 9.48. The molecule has 1 saturated heterocycles. The molecular weight excluding hydrogens is 250 g/mol. The first kappa shape index (κ1) is 15.0. The Kier molecular flexibility index (Phi) is 4.81. The second-order valence-corrected chi connectivity index (χ2v) is 6.19. The first-order valence-corrected chi connectivity index (χ1v) is 7.51. The van der Waals surface area contributed by atoms with Gasteiger partial charge < -0.3 is 10.1 Å². The van der Waals surface area contributed by atoms with Gasteiger partial charge in [0.1, 0.15) is 0 Å². The van der Waals surface area contributed by atoms with Crippen LogP contribution in [-0.2, 0) is 22.4 Å². The second kappa shape index (κ2) is 6.40. The number of rotatable bonds is 5. The predicted octanol–water partition coefficient (Wildman–Crippen LogP) is 2.87. The maximum Gasteiger partial charge on any atom is 0.224 e. The molecule has 0 aromatic heterocycles. The van der Waals surface area contributed by atoms with Crippen molar-refractivity contribution in [1.82, 2.24) is 5.32 Å². The van der Waals surface area contributed by atoms with E-state index in [2.05, 4.69) is 38.2 Å². The number of nitrogens with one attached hydrogen (secondary N) is 1. The van der Waals surface area contributed by atoms with E-state index in [0.717, 1.165) is 24.8 Å². The monoisotopic (exact) mass is 275 g/mol. The standard InChI is InChI=1S/C17H25NO2/c1-4-13-5-7-14(8-6-13)11-16(19)18-12-15-9-10-17(2,3)20-15/h5-8,15H,4,9-12H2,1-3H3,(H,18,19)/t15-/m0/s1.